The molecular formula is C108H126N12O25S2. The van der Waals surface area contributed by atoms with Gasteiger partial charge < -0.3 is 75.6 Å². The molecule has 12 bridgehead atoms. The number of anilines is 2. The zero-order valence-electron chi connectivity index (χ0n) is 83.5. The molecule has 12 atom stereocenters. The van der Waals surface area contributed by atoms with Gasteiger partial charge in [0, 0.05) is 108 Å². The highest BCUT2D eigenvalue weighted by Gasteiger charge is 2.50. The summed E-state index contributed by atoms with van der Waals surface area (Å²) in [6, 6.07) is 27.7. The molecule has 8 N–H and O–H groups in total. The lowest BCUT2D eigenvalue weighted by atomic mass is 9.92. The van der Waals surface area contributed by atoms with Crippen molar-refractivity contribution in [1.82, 2.24) is 51.5 Å². The molecule has 147 heavy (non-hydrogen) atoms. The van der Waals surface area contributed by atoms with Crippen molar-refractivity contribution in [3.8, 4) is 17.2 Å². The van der Waals surface area contributed by atoms with E-state index in [9.17, 15) is 96.5 Å². The Labute approximate surface area is 860 Å². The molecule has 0 radical (unpaired) electrons. The minimum atomic E-state index is -1.77. The molecule has 39 heteroatoms. The van der Waals surface area contributed by atoms with Crippen LogP contribution in [0, 0.1) is 18.8 Å². The summed E-state index contributed by atoms with van der Waals surface area (Å²) in [5, 5.41) is 39.9. The third-order valence-electron chi connectivity index (χ3n) is 27.4. The fraction of sp³-hybridized carbons (Fsp3) is 0.463. The first-order valence-corrected chi connectivity index (χ1v) is 52.1. The van der Waals surface area contributed by atoms with Gasteiger partial charge in [-0.3, -0.25) is 86.5 Å². The van der Waals surface area contributed by atoms with Crippen LogP contribution in [0.2, 0.25) is 0 Å². The maximum atomic E-state index is 14.9. The smallest absolute Gasteiger partial charge is 0.416 e. The SMILES string of the molecule is COc1cc2c3cc1OCCCCCOc1cc4c(cc1C)C(=O)N1CC(c5ccccc5)=CC1C(O)N4C(=O)OCc1ccc(cc1)CC(=O)C(C)NC(=O)C(C(C)C)NC(=O)CCCCC(=O)C1NC(=O)CCCN4C(=O)CC(SCSC5CC(=O)N(CCCC(=O)NC1C(=O)CCCCC(=O)NC(C(C)C)C(=O)NC(C)C(=O)Cc1ccc(cc1)COC(=O)N3C(O)C1C=C(c3ccccc3)CN1C2=O)C5=O)C4=O. The molecule has 0 saturated carbocycles. The zero-order valence-corrected chi connectivity index (χ0v) is 85.2. The second-order valence-electron chi connectivity index (χ2n) is 38.8. The minimum absolute atomic E-state index is 0.000136. The number of carbonyl (C=O) groups is 18. The van der Waals surface area contributed by atoms with Gasteiger partial charge in [0.25, 0.3) is 11.8 Å². The Balaban J connectivity index is 0.697. The van der Waals surface area contributed by atoms with Gasteiger partial charge in [0.05, 0.1) is 77.5 Å². The lowest BCUT2D eigenvalue weighted by Gasteiger charge is -2.31. The standard InChI is InChI=1S/C108H126N12O25S2/c1-61(2)95-99(131)109-64(6)82(123)47-66-34-38-68(39-35-66)58-144-107(139)119-76-52-84(63(5)46-74(76)101(133)117-56-72(49-78(117)103(119)135)70-24-12-9-13-25-70)142-44-20-11-21-45-143-86-53-77-75(51-85(86)141-8)102(134)118-57-73(71-26-14-10-15-27-71)50-79(118)104(136)120(77)108(140)145-59-69-40-36-67(37-41-69)48-83(124)65(7)110-100(132)96(62(3)4)112-90(126)31-19-17-29-81(122)98-97(80(121)28-16-18-30-89(125)111-95)113-91(127)32-22-42-115-93(129)54-87(105(115)137)146-60-147-88-55-94(130)116(106(88)138)43-23-33-92(128)114-98/h9-10,12-15,24-27,34-41,46,49-53,61-62,64-65,78-79,87-88,95-98,103-104,135-136H,11,16-23,28-33,42-45,47-48,54-60H2,1-8H3,(H,109,131)(H,110,132)(H,111,125)(H,112,126)(H,113,127)(H,114,128). The Morgan fingerprint density at radius 3 is 1.21 bits per heavy atom. The Kier molecular flexibility index (Phi) is 37.0. The number of carbonyl (C=O) groups excluding carboxylic acids is 18. The number of aliphatic hydroxyl groups excluding tert-OH is 2. The fourth-order valence-electron chi connectivity index (χ4n) is 19.0. The summed E-state index contributed by atoms with van der Waals surface area (Å²) in [4.78, 5) is 262. The number of aliphatic hydroxyl groups is 2. The lowest BCUT2D eigenvalue weighted by molar-refractivity contribution is -0.140. The van der Waals surface area contributed by atoms with Crippen LogP contribution in [0.3, 0.4) is 0 Å². The van der Waals surface area contributed by atoms with Crippen LogP contribution in [0.4, 0.5) is 21.0 Å². The molecule has 3 fully saturated rings. The number of amides is 14. The molecule has 10 aliphatic heterocycles. The van der Waals surface area contributed by atoms with Gasteiger partial charge in [0.15, 0.2) is 47.1 Å². The normalized spacial score (nSPS) is 25.2. The van der Waals surface area contributed by atoms with Crippen molar-refractivity contribution < 1.29 is 120 Å². The Morgan fingerprint density at radius 2 is 0.796 bits per heavy atom. The molecule has 6 aromatic rings. The molecule has 780 valence electrons. The minimum Gasteiger partial charge on any atom is -0.493 e. The van der Waals surface area contributed by atoms with Crippen molar-refractivity contribution in [2.45, 2.75) is 255 Å². The number of benzene rings is 6. The van der Waals surface area contributed by atoms with E-state index in [-0.39, 0.29) is 194 Å². The van der Waals surface area contributed by atoms with E-state index in [0.29, 0.717) is 52.8 Å². The summed E-state index contributed by atoms with van der Waals surface area (Å²) in [6.45, 7) is 10.9. The van der Waals surface area contributed by atoms with E-state index in [1.165, 1.54) is 49.0 Å². The number of Topliss-reactive ketones (excluding diaryl/α,β-unsaturated/α-hetero) is 4. The van der Waals surface area contributed by atoms with Gasteiger partial charge in [-0.15, -0.1) is 23.5 Å². The second-order valence-corrected chi connectivity index (χ2v) is 41.5. The number of nitrogens with one attached hydrogen (secondary N) is 6. The largest absolute Gasteiger partial charge is 0.493 e. The van der Waals surface area contributed by atoms with E-state index < -0.39 is 189 Å². The van der Waals surface area contributed by atoms with Crippen molar-refractivity contribution in [3.05, 3.63) is 196 Å². The number of aryl methyl sites for hydroxylation is 1. The average molecular weight is 2060 g/mol. The third kappa shape index (κ3) is 26.9. The van der Waals surface area contributed by atoms with Crippen molar-refractivity contribution in [2.24, 2.45) is 11.8 Å². The second kappa shape index (κ2) is 50.0. The van der Waals surface area contributed by atoms with Crippen molar-refractivity contribution in [2.75, 3.05) is 61.4 Å². The quantitative estimate of drug-likeness (QED) is 0.0744. The Morgan fingerprint density at radius 1 is 0.415 bits per heavy atom. The van der Waals surface area contributed by atoms with Crippen molar-refractivity contribution >= 4 is 152 Å². The highest BCUT2D eigenvalue weighted by Crippen LogP contribution is 2.45. The average Bonchev–Trinajstić information content (AvgIpc) is 1.60. The third-order valence-corrected chi connectivity index (χ3v) is 30.0. The number of rotatable bonds is 5. The van der Waals surface area contributed by atoms with Gasteiger partial charge in [0.2, 0.25) is 59.1 Å². The van der Waals surface area contributed by atoms with Crippen LogP contribution in [0.1, 0.15) is 210 Å². The summed E-state index contributed by atoms with van der Waals surface area (Å²) in [6.07, 6.45) is -3.29. The Hall–Kier alpha value is -13.9. The number of fused-ring (bicyclic) bond motifs is 8. The topological polar surface area (TPSA) is 485 Å². The molecule has 10 heterocycles. The highest BCUT2D eigenvalue weighted by atomic mass is 32.2. The first-order valence-electron chi connectivity index (χ1n) is 50.0. The number of thioether (sulfide) groups is 2. The highest BCUT2D eigenvalue weighted by molar-refractivity contribution is 8.17. The number of nitrogens with zero attached hydrogens (tertiary/aromatic N) is 6. The van der Waals surface area contributed by atoms with Gasteiger partial charge in [-0.05, 0) is 153 Å². The lowest BCUT2D eigenvalue weighted by Crippen LogP contribution is -2.59. The van der Waals surface area contributed by atoms with Gasteiger partial charge in [-0.25, -0.2) is 19.4 Å². The van der Waals surface area contributed by atoms with Crippen LogP contribution >= 0.6 is 23.5 Å². The molecule has 0 aliphatic carbocycles. The Bertz CT molecular complexity index is 5970. The molecule has 16 rings (SSSR count). The predicted molar refractivity (Wildman–Crippen MR) is 543 cm³/mol. The maximum absolute atomic E-state index is 14.9. The van der Waals surface area contributed by atoms with E-state index in [2.05, 4.69) is 31.9 Å². The first kappa shape index (κ1) is 109. The van der Waals surface area contributed by atoms with E-state index in [0.717, 1.165) is 65.4 Å². The molecule has 6 aromatic carbocycles. The van der Waals surface area contributed by atoms with Crippen LogP contribution in [-0.2, 0) is 103 Å². The van der Waals surface area contributed by atoms with E-state index >= 15 is 0 Å². The summed E-state index contributed by atoms with van der Waals surface area (Å²) in [5.41, 5.74) is 5.72. The van der Waals surface area contributed by atoms with E-state index in [1.54, 1.807) is 101 Å². The summed E-state index contributed by atoms with van der Waals surface area (Å²) in [5.74, 6) is -9.90. The fourth-order valence-corrected chi connectivity index (χ4v) is 21.7. The van der Waals surface area contributed by atoms with E-state index in [1.807, 2.05) is 60.7 Å². The predicted octanol–water partition coefficient (Wildman–Crippen LogP) is 9.41. The molecule has 10 aliphatic rings. The van der Waals surface area contributed by atoms with Gasteiger partial charge in [-0.2, -0.15) is 0 Å². The summed E-state index contributed by atoms with van der Waals surface area (Å²) < 4.78 is 30.6. The number of ketones is 4. The zero-order chi connectivity index (χ0) is 105. The van der Waals surface area contributed by atoms with Crippen molar-refractivity contribution in [1.29, 1.82) is 0 Å². The van der Waals surface area contributed by atoms with Gasteiger partial charge in [-0.1, -0.05) is 149 Å². The molecule has 12 unspecified atom stereocenters. The number of methoxy groups -OCH3 is 1. The van der Waals surface area contributed by atoms with E-state index in [4.69, 9.17) is 23.7 Å². The summed E-state index contributed by atoms with van der Waals surface area (Å²) in [7, 11) is 1.40. The summed E-state index contributed by atoms with van der Waals surface area (Å²) >= 11 is 2.30. The van der Waals surface area contributed by atoms with Crippen LogP contribution < -0.4 is 55.9 Å². The monoisotopic (exact) mass is 2050 g/mol. The maximum Gasteiger partial charge on any atom is 0.416 e. The number of ether oxygens (including phenoxy) is 5. The molecule has 3 saturated heterocycles. The van der Waals surface area contributed by atoms with Gasteiger partial charge >= 0.3 is 12.2 Å². The molecular weight excluding hydrogens is 1930 g/mol. The number of hydrogen-bond acceptors (Lipinski definition) is 27. The van der Waals surface area contributed by atoms with Crippen molar-refractivity contribution in [3.63, 3.8) is 0 Å². The van der Waals surface area contributed by atoms with Crippen LogP contribution in [0.5, 0.6) is 17.2 Å². The van der Waals surface area contributed by atoms with Gasteiger partial charge in [0.1, 0.15) is 43.1 Å². The molecule has 0 spiro atoms. The first-order chi connectivity index (χ1) is 70.5. The van der Waals surface area contributed by atoms with Crippen LogP contribution in [0.15, 0.2) is 146 Å². The molecule has 0 aromatic heterocycles. The molecule has 14 amide bonds. The number of imide groups is 2. The molecule has 37 nitrogen and oxygen atoms in total. The van der Waals surface area contributed by atoms with Crippen LogP contribution in [0.25, 0.3) is 11.1 Å². The van der Waals surface area contributed by atoms with Crippen LogP contribution in [-0.4, -0.2) is 259 Å². The number of hydrogen-bond donors (Lipinski definition) is 8.